The zero-order valence-electron chi connectivity index (χ0n) is 10.2. The topological polar surface area (TPSA) is 49.3 Å². The van der Waals surface area contributed by atoms with Crippen LogP contribution in [0.4, 0.5) is 4.39 Å². The summed E-state index contributed by atoms with van der Waals surface area (Å²) >= 11 is 3.16. The Hall–Kier alpha value is -0.940. The second-order valence-electron chi connectivity index (χ2n) is 4.09. The summed E-state index contributed by atoms with van der Waals surface area (Å²) in [6.45, 7) is 2.53. The van der Waals surface area contributed by atoms with Crippen molar-refractivity contribution in [2.75, 3.05) is 13.2 Å². The molecule has 0 aliphatic heterocycles. The summed E-state index contributed by atoms with van der Waals surface area (Å²) < 4.78 is 14.0. The van der Waals surface area contributed by atoms with Crippen LogP contribution in [-0.4, -0.2) is 24.2 Å². The van der Waals surface area contributed by atoms with Gasteiger partial charge in [0.05, 0.1) is 5.56 Å². The molecule has 1 amide bonds. The number of aliphatic hydroxyl groups is 1. The van der Waals surface area contributed by atoms with Crippen molar-refractivity contribution in [1.29, 1.82) is 0 Å². The van der Waals surface area contributed by atoms with Gasteiger partial charge in [-0.3, -0.25) is 4.79 Å². The normalized spacial score (nSPS) is 12.2. The molecule has 1 rings (SSSR count). The highest BCUT2D eigenvalue weighted by atomic mass is 79.9. The van der Waals surface area contributed by atoms with E-state index in [1.165, 1.54) is 12.1 Å². The van der Waals surface area contributed by atoms with Crippen LogP contribution in [0.1, 0.15) is 30.1 Å². The maximum atomic E-state index is 13.5. The molecular formula is C13H17BrFNO2. The van der Waals surface area contributed by atoms with E-state index in [1.54, 1.807) is 6.07 Å². The van der Waals surface area contributed by atoms with Crippen LogP contribution in [0.25, 0.3) is 0 Å². The fourth-order valence-electron chi connectivity index (χ4n) is 1.67. The highest BCUT2D eigenvalue weighted by Gasteiger charge is 2.16. The largest absolute Gasteiger partial charge is 0.396 e. The molecule has 1 aromatic carbocycles. The van der Waals surface area contributed by atoms with E-state index in [0.717, 1.165) is 6.42 Å². The number of benzene rings is 1. The Bertz CT molecular complexity index is 392. The van der Waals surface area contributed by atoms with Gasteiger partial charge in [0.25, 0.3) is 5.91 Å². The molecule has 0 aliphatic carbocycles. The number of hydrogen-bond acceptors (Lipinski definition) is 2. The van der Waals surface area contributed by atoms with E-state index in [2.05, 4.69) is 21.2 Å². The molecule has 1 aromatic rings. The zero-order valence-corrected chi connectivity index (χ0v) is 11.8. The molecule has 0 saturated carbocycles. The Kier molecular flexibility index (Phi) is 6.29. The number of amides is 1. The SMILES string of the molecule is CCC(CCO)CNC(=O)c1c(F)cccc1Br. The molecule has 1 unspecified atom stereocenters. The smallest absolute Gasteiger partial charge is 0.255 e. The minimum Gasteiger partial charge on any atom is -0.396 e. The first-order chi connectivity index (χ1) is 8.60. The van der Waals surface area contributed by atoms with Crippen LogP contribution in [0.2, 0.25) is 0 Å². The van der Waals surface area contributed by atoms with Crippen LogP contribution in [-0.2, 0) is 0 Å². The third kappa shape index (κ3) is 4.07. The molecule has 0 heterocycles. The first-order valence-corrected chi connectivity index (χ1v) is 6.72. The Morgan fingerprint density at radius 1 is 1.56 bits per heavy atom. The molecule has 0 fully saturated rings. The van der Waals surface area contributed by atoms with E-state index in [9.17, 15) is 9.18 Å². The number of halogens is 2. The fourth-order valence-corrected chi connectivity index (χ4v) is 2.20. The van der Waals surface area contributed by atoms with Crippen molar-refractivity contribution in [3.63, 3.8) is 0 Å². The van der Waals surface area contributed by atoms with Gasteiger partial charge in [-0.15, -0.1) is 0 Å². The molecule has 2 N–H and O–H groups in total. The van der Waals surface area contributed by atoms with Crippen molar-refractivity contribution in [2.45, 2.75) is 19.8 Å². The van der Waals surface area contributed by atoms with E-state index >= 15 is 0 Å². The van der Waals surface area contributed by atoms with Gasteiger partial charge < -0.3 is 10.4 Å². The van der Waals surface area contributed by atoms with Crippen LogP contribution < -0.4 is 5.32 Å². The second-order valence-corrected chi connectivity index (χ2v) is 4.95. The molecule has 0 spiro atoms. The van der Waals surface area contributed by atoms with Gasteiger partial charge in [0.2, 0.25) is 0 Å². The van der Waals surface area contributed by atoms with Crippen molar-refractivity contribution in [3.05, 3.63) is 34.1 Å². The average molecular weight is 318 g/mol. The zero-order chi connectivity index (χ0) is 13.5. The van der Waals surface area contributed by atoms with E-state index in [1.807, 2.05) is 6.92 Å². The number of nitrogens with one attached hydrogen (secondary N) is 1. The molecule has 5 heteroatoms. The van der Waals surface area contributed by atoms with Crippen LogP contribution >= 0.6 is 15.9 Å². The summed E-state index contributed by atoms with van der Waals surface area (Å²) in [5.74, 6) is -0.766. The fraction of sp³-hybridized carbons (Fsp3) is 0.462. The molecular weight excluding hydrogens is 301 g/mol. The maximum absolute atomic E-state index is 13.5. The number of rotatable bonds is 6. The van der Waals surface area contributed by atoms with E-state index in [0.29, 0.717) is 17.4 Å². The van der Waals surface area contributed by atoms with Crippen LogP contribution in [0.5, 0.6) is 0 Å². The van der Waals surface area contributed by atoms with E-state index in [4.69, 9.17) is 5.11 Å². The lowest BCUT2D eigenvalue weighted by Crippen LogP contribution is -2.30. The Morgan fingerprint density at radius 2 is 2.28 bits per heavy atom. The number of carbonyl (C=O) groups is 1. The predicted octanol–water partition coefficient (Wildman–Crippen LogP) is 2.73. The molecule has 0 aliphatic rings. The van der Waals surface area contributed by atoms with Crippen molar-refractivity contribution in [3.8, 4) is 0 Å². The molecule has 0 saturated heterocycles. The molecule has 0 aromatic heterocycles. The Labute approximate surface area is 115 Å². The summed E-state index contributed by atoms with van der Waals surface area (Å²) in [7, 11) is 0. The third-order valence-electron chi connectivity index (χ3n) is 2.86. The van der Waals surface area contributed by atoms with Crippen molar-refractivity contribution < 1.29 is 14.3 Å². The number of hydrogen-bond donors (Lipinski definition) is 2. The van der Waals surface area contributed by atoms with Gasteiger partial charge in [0.15, 0.2) is 0 Å². The van der Waals surface area contributed by atoms with Crippen molar-refractivity contribution in [1.82, 2.24) is 5.32 Å². The second kappa shape index (κ2) is 7.48. The molecule has 0 bridgehead atoms. The van der Waals surface area contributed by atoms with Gasteiger partial charge in [-0.05, 0) is 40.4 Å². The van der Waals surface area contributed by atoms with Gasteiger partial charge in [-0.1, -0.05) is 19.4 Å². The van der Waals surface area contributed by atoms with Gasteiger partial charge >= 0.3 is 0 Å². The van der Waals surface area contributed by atoms with Gasteiger partial charge in [-0.25, -0.2) is 4.39 Å². The van der Waals surface area contributed by atoms with E-state index in [-0.39, 0.29) is 18.1 Å². The summed E-state index contributed by atoms with van der Waals surface area (Å²) in [6, 6.07) is 4.42. The van der Waals surface area contributed by atoms with Crippen LogP contribution in [0.3, 0.4) is 0 Å². The van der Waals surface area contributed by atoms with Gasteiger partial charge in [0, 0.05) is 17.6 Å². The number of carbonyl (C=O) groups excluding carboxylic acids is 1. The van der Waals surface area contributed by atoms with E-state index < -0.39 is 11.7 Å². The Balaban J connectivity index is 2.65. The lowest BCUT2D eigenvalue weighted by Gasteiger charge is -2.15. The lowest BCUT2D eigenvalue weighted by atomic mass is 10.0. The van der Waals surface area contributed by atoms with Gasteiger partial charge in [0.1, 0.15) is 5.82 Å². The molecule has 3 nitrogen and oxygen atoms in total. The third-order valence-corrected chi connectivity index (χ3v) is 3.52. The van der Waals surface area contributed by atoms with Crippen molar-refractivity contribution in [2.24, 2.45) is 5.92 Å². The molecule has 100 valence electrons. The maximum Gasteiger partial charge on any atom is 0.255 e. The Morgan fingerprint density at radius 3 is 2.83 bits per heavy atom. The number of aliphatic hydroxyl groups excluding tert-OH is 1. The summed E-state index contributed by atoms with van der Waals surface area (Å²) in [5, 5.41) is 11.6. The summed E-state index contributed by atoms with van der Waals surface area (Å²) in [4.78, 5) is 11.9. The first-order valence-electron chi connectivity index (χ1n) is 5.93. The first kappa shape index (κ1) is 15.1. The molecule has 0 radical (unpaired) electrons. The average Bonchev–Trinajstić information content (AvgIpc) is 2.34. The van der Waals surface area contributed by atoms with Crippen LogP contribution in [0, 0.1) is 11.7 Å². The quantitative estimate of drug-likeness (QED) is 0.847. The predicted molar refractivity (Wildman–Crippen MR) is 71.9 cm³/mol. The summed E-state index contributed by atoms with van der Waals surface area (Å²) in [5.41, 5.74) is 0.0244. The molecule has 18 heavy (non-hydrogen) atoms. The van der Waals surface area contributed by atoms with Gasteiger partial charge in [-0.2, -0.15) is 0 Å². The highest BCUT2D eigenvalue weighted by molar-refractivity contribution is 9.10. The minimum atomic E-state index is -0.544. The highest BCUT2D eigenvalue weighted by Crippen LogP contribution is 2.19. The minimum absolute atomic E-state index is 0.0244. The molecule has 1 atom stereocenters. The monoisotopic (exact) mass is 317 g/mol. The van der Waals surface area contributed by atoms with Crippen LogP contribution in [0.15, 0.2) is 22.7 Å². The summed E-state index contributed by atoms with van der Waals surface area (Å²) in [6.07, 6.45) is 1.49. The standard InChI is InChI=1S/C13H17BrFNO2/c1-2-9(6-7-17)8-16-13(18)12-10(14)4-3-5-11(12)15/h3-5,9,17H,2,6-8H2,1H3,(H,16,18). The van der Waals surface area contributed by atoms with Crippen molar-refractivity contribution >= 4 is 21.8 Å². The lowest BCUT2D eigenvalue weighted by molar-refractivity contribution is 0.0938.